The van der Waals surface area contributed by atoms with E-state index in [1.807, 2.05) is 41.2 Å². The van der Waals surface area contributed by atoms with Crippen molar-refractivity contribution >= 4 is 0 Å². The van der Waals surface area contributed by atoms with E-state index in [-0.39, 0.29) is 5.69 Å². The summed E-state index contributed by atoms with van der Waals surface area (Å²) in [7, 11) is 2.23. The van der Waals surface area contributed by atoms with Crippen LogP contribution in [0.4, 0.5) is 0 Å². The maximum Gasteiger partial charge on any atom is 0.332 e. The van der Waals surface area contributed by atoms with Gasteiger partial charge in [0.1, 0.15) is 5.75 Å². The van der Waals surface area contributed by atoms with E-state index < -0.39 is 0 Å². The van der Waals surface area contributed by atoms with Crippen LogP contribution in [0, 0.1) is 0 Å². The number of aromatic nitrogens is 2. The van der Waals surface area contributed by atoms with E-state index >= 15 is 0 Å². The second kappa shape index (κ2) is 9.84. The number of ether oxygens (including phenoxy) is 1. The molecule has 2 saturated carbocycles. The first-order valence-corrected chi connectivity index (χ1v) is 12.7. The summed E-state index contributed by atoms with van der Waals surface area (Å²) in [4.78, 5) is 18.3. The van der Waals surface area contributed by atoms with Gasteiger partial charge < -0.3 is 9.64 Å². The van der Waals surface area contributed by atoms with Crippen molar-refractivity contribution in [2.24, 2.45) is 0 Å². The Morgan fingerprint density at radius 2 is 1.50 bits per heavy atom. The predicted octanol–water partition coefficient (Wildman–Crippen LogP) is 4.08. The SMILES string of the molecule is CN1CCCN(C2CCC(n3ccn(-c4ccc(OC5CCCC5)cc4)c3=O)CC2)CC1. The molecule has 6 nitrogen and oxygen atoms in total. The van der Waals surface area contributed by atoms with Crippen molar-refractivity contribution in [3.05, 3.63) is 47.1 Å². The van der Waals surface area contributed by atoms with Crippen LogP contribution in [-0.2, 0) is 0 Å². The van der Waals surface area contributed by atoms with Crippen LogP contribution < -0.4 is 10.4 Å². The lowest BCUT2D eigenvalue weighted by Crippen LogP contribution is -2.41. The maximum atomic E-state index is 13.2. The third-order valence-corrected chi connectivity index (χ3v) is 7.85. The number of hydrogen-bond acceptors (Lipinski definition) is 4. The summed E-state index contributed by atoms with van der Waals surface area (Å²) in [6.45, 7) is 4.79. The number of benzene rings is 1. The van der Waals surface area contributed by atoms with Crippen LogP contribution >= 0.6 is 0 Å². The normalized spacial score (nSPS) is 26.3. The van der Waals surface area contributed by atoms with Crippen molar-refractivity contribution in [2.45, 2.75) is 76.0 Å². The van der Waals surface area contributed by atoms with Crippen molar-refractivity contribution in [3.8, 4) is 11.4 Å². The molecule has 1 aliphatic heterocycles. The molecule has 1 aromatic carbocycles. The number of hydrogen-bond donors (Lipinski definition) is 0. The van der Waals surface area contributed by atoms with Gasteiger partial charge in [-0.2, -0.15) is 0 Å². The van der Waals surface area contributed by atoms with E-state index in [0.29, 0.717) is 18.2 Å². The molecule has 6 heteroatoms. The monoisotopic (exact) mass is 438 g/mol. The molecule has 0 radical (unpaired) electrons. The third kappa shape index (κ3) is 4.81. The molecule has 2 aliphatic carbocycles. The maximum absolute atomic E-state index is 13.2. The summed E-state index contributed by atoms with van der Waals surface area (Å²) in [5, 5.41) is 0. The van der Waals surface area contributed by atoms with E-state index in [4.69, 9.17) is 4.74 Å². The van der Waals surface area contributed by atoms with Crippen molar-refractivity contribution < 1.29 is 4.74 Å². The van der Waals surface area contributed by atoms with Gasteiger partial charge in [0.05, 0.1) is 11.8 Å². The Kier molecular flexibility index (Phi) is 6.69. The zero-order chi connectivity index (χ0) is 21.9. The van der Waals surface area contributed by atoms with E-state index in [9.17, 15) is 4.79 Å². The summed E-state index contributed by atoms with van der Waals surface area (Å²) in [6.07, 6.45) is 14.9. The highest BCUT2D eigenvalue weighted by molar-refractivity contribution is 5.37. The summed E-state index contributed by atoms with van der Waals surface area (Å²) < 4.78 is 9.81. The molecule has 0 amide bonds. The molecular formula is C26H38N4O2. The number of likely N-dealkylation sites (N-methyl/N-ethyl adjacent to an activating group) is 1. The van der Waals surface area contributed by atoms with Gasteiger partial charge in [-0.3, -0.25) is 14.0 Å². The van der Waals surface area contributed by atoms with Gasteiger partial charge in [0, 0.05) is 37.6 Å². The van der Waals surface area contributed by atoms with Gasteiger partial charge in [-0.1, -0.05) is 0 Å². The zero-order valence-electron chi connectivity index (χ0n) is 19.5. The first kappa shape index (κ1) is 21.8. The number of imidazole rings is 1. The van der Waals surface area contributed by atoms with Crippen molar-refractivity contribution in [1.29, 1.82) is 0 Å². The van der Waals surface area contributed by atoms with E-state index in [2.05, 4.69) is 16.8 Å². The topological polar surface area (TPSA) is 42.6 Å². The lowest BCUT2D eigenvalue weighted by Gasteiger charge is -2.36. The van der Waals surface area contributed by atoms with E-state index in [1.165, 1.54) is 58.3 Å². The van der Waals surface area contributed by atoms with Crippen LogP contribution in [0.2, 0.25) is 0 Å². The summed E-state index contributed by atoms with van der Waals surface area (Å²) >= 11 is 0. The number of nitrogens with zero attached hydrogens (tertiary/aromatic N) is 4. The van der Waals surface area contributed by atoms with Gasteiger partial charge in [-0.25, -0.2) is 4.79 Å². The van der Waals surface area contributed by atoms with Crippen LogP contribution in [0.5, 0.6) is 5.75 Å². The molecule has 5 rings (SSSR count). The van der Waals surface area contributed by atoms with Gasteiger partial charge in [0.15, 0.2) is 0 Å². The highest BCUT2D eigenvalue weighted by Gasteiger charge is 2.28. The van der Waals surface area contributed by atoms with E-state index in [1.54, 1.807) is 4.57 Å². The third-order valence-electron chi connectivity index (χ3n) is 7.85. The fraction of sp³-hybridized carbons (Fsp3) is 0.654. The highest BCUT2D eigenvalue weighted by Crippen LogP contribution is 2.31. The van der Waals surface area contributed by atoms with Crippen LogP contribution in [0.3, 0.4) is 0 Å². The molecule has 1 saturated heterocycles. The molecule has 0 spiro atoms. The Labute approximate surface area is 191 Å². The first-order valence-electron chi connectivity index (χ1n) is 12.7. The van der Waals surface area contributed by atoms with Gasteiger partial charge in [0.2, 0.25) is 0 Å². The molecule has 2 aromatic rings. The molecule has 3 fully saturated rings. The van der Waals surface area contributed by atoms with E-state index in [0.717, 1.165) is 37.1 Å². The smallest absolute Gasteiger partial charge is 0.332 e. The fourth-order valence-corrected chi connectivity index (χ4v) is 5.88. The summed E-state index contributed by atoms with van der Waals surface area (Å²) in [5.74, 6) is 0.908. The molecule has 3 aliphatic rings. The Bertz CT molecular complexity index is 920. The minimum Gasteiger partial charge on any atom is -0.490 e. The average molecular weight is 439 g/mol. The van der Waals surface area contributed by atoms with Crippen LogP contribution in [0.25, 0.3) is 5.69 Å². The Balaban J connectivity index is 1.20. The molecule has 0 N–H and O–H groups in total. The van der Waals surface area contributed by atoms with Crippen molar-refractivity contribution in [1.82, 2.24) is 18.9 Å². The largest absolute Gasteiger partial charge is 0.490 e. The molecule has 2 heterocycles. The second-order valence-corrected chi connectivity index (χ2v) is 10.0. The molecule has 1 aromatic heterocycles. The quantitative estimate of drug-likeness (QED) is 0.705. The lowest BCUT2D eigenvalue weighted by atomic mass is 9.90. The Morgan fingerprint density at radius 1 is 0.781 bits per heavy atom. The van der Waals surface area contributed by atoms with Crippen LogP contribution in [0.15, 0.2) is 41.5 Å². The molecule has 174 valence electrons. The molecule has 0 atom stereocenters. The van der Waals surface area contributed by atoms with Crippen molar-refractivity contribution in [2.75, 3.05) is 33.2 Å². The second-order valence-electron chi connectivity index (χ2n) is 10.0. The Morgan fingerprint density at radius 3 is 2.25 bits per heavy atom. The van der Waals surface area contributed by atoms with Gasteiger partial charge >= 0.3 is 5.69 Å². The molecule has 0 bridgehead atoms. The predicted molar refractivity (Wildman–Crippen MR) is 128 cm³/mol. The summed E-state index contributed by atoms with van der Waals surface area (Å²) in [6, 6.07) is 9.01. The lowest BCUT2D eigenvalue weighted by molar-refractivity contribution is 0.141. The summed E-state index contributed by atoms with van der Waals surface area (Å²) in [5.41, 5.74) is 0.990. The number of rotatable bonds is 5. The van der Waals surface area contributed by atoms with Crippen molar-refractivity contribution in [3.63, 3.8) is 0 Å². The highest BCUT2D eigenvalue weighted by atomic mass is 16.5. The van der Waals surface area contributed by atoms with Gasteiger partial charge in [-0.15, -0.1) is 0 Å². The van der Waals surface area contributed by atoms with Crippen LogP contribution in [0.1, 0.15) is 63.8 Å². The standard InChI is InChI=1S/C26H38N4O2/c1-27-15-4-16-28(18-17-27)21-7-9-22(10-8-21)29-19-20-30(26(29)31)23-11-13-25(14-12-23)32-24-5-2-3-6-24/h11-14,19-22,24H,2-10,15-18H2,1H3. The van der Waals surface area contributed by atoms with Gasteiger partial charge in [0.25, 0.3) is 0 Å². The minimum absolute atomic E-state index is 0.0781. The zero-order valence-corrected chi connectivity index (χ0v) is 19.5. The first-order chi connectivity index (χ1) is 15.7. The molecule has 32 heavy (non-hydrogen) atoms. The van der Waals surface area contributed by atoms with Gasteiger partial charge in [-0.05, 0) is 102 Å². The molecule has 0 unspecified atom stereocenters. The Hall–Kier alpha value is -2.05. The average Bonchev–Trinajstić information content (AvgIpc) is 3.41. The molecular weight excluding hydrogens is 400 g/mol. The van der Waals surface area contributed by atoms with Crippen LogP contribution in [-0.4, -0.2) is 64.3 Å². The minimum atomic E-state index is 0.0781. The fourth-order valence-electron chi connectivity index (χ4n) is 5.88.